The molecule has 7 nitrogen and oxygen atoms in total. The van der Waals surface area contributed by atoms with Gasteiger partial charge in [-0.15, -0.1) is 11.3 Å². The quantitative estimate of drug-likeness (QED) is 0.468. The maximum atomic E-state index is 13.4. The molecule has 1 aliphatic rings. The first-order chi connectivity index (χ1) is 16.2. The van der Waals surface area contributed by atoms with Crippen LogP contribution in [0.4, 0.5) is 5.69 Å². The molecule has 1 fully saturated rings. The van der Waals surface area contributed by atoms with Crippen molar-refractivity contribution in [3.05, 3.63) is 83.1 Å². The molecular weight excluding hydrogens is 436 g/mol. The zero-order chi connectivity index (χ0) is 22.6. The minimum atomic E-state index is -0.382. The second kappa shape index (κ2) is 9.56. The van der Waals surface area contributed by atoms with Gasteiger partial charge in [-0.25, -0.2) is 4.98 Å². The van der Waals surface area contributed by atoms with E-state index >= 15 is 0 Å². The molecule has 0 bridgehead atoms. The lowest BCUT2D eigenvalue weighted by Gasteiger charge is -2.29. The minimum absolute atomic E-state index is 0.245. The number of fused-ring (bicyclic) bond motifs is 1. The van der Waals surface area contributed by atoms with E-state index in [2.05, 4.69) is 20.2 Å². The van der Waals surface area contributed by atoms with Crippen LogP contribution in [0.2, 0.25) is 0 Å². The zero-order valence-electron chi connectivity index (χ0n) is 18.2. The van der Waals surface area contributed by atoms with Gasteiger partial charge in [0.15, 0.2) is 5.01 Å². The Kier molecular flexibility index (Phi) is 6.19. The highest BCUT2D eigenvalue weighted by molar-refractivity contribution is 7.21. The van der Waals surface area contributed by atoms with E-state index in [1.54, 1.807) is 13.3 Å². The second-order valence-corrected chi connectivity index (χ2v) is 8.65. The first-order valence-electron chi connectivity index (χ1n) is 10.8. The number of nitrogens with one attached hydrogen (secondary N) is 1. The Balaban J connectivity index is 1.51. The Morgan fingerprint density at radius 1 is 1.09 bits per heavy atom. The normalized spacial score (nSPS) is 14.8. The van der Waals surface area contributed by atoms with Crippen LogP contribution in [0.3, 0.4) is 0 Å². The molecule has 8 heteroatoms. The summed E-state index contributed by atoms with van der Waals surface area (Å²) >= 11 is 1.38. The number of methoxy groups -OCH3 is 1. The number of aromatic nitrogens is 2. The topological polar surface area (TPSA) is 76.6 Å². The SMILES string of the molecule is COc1ccc(N2CCOCC2)c2sc(C(=O)NC(c3ccccc3)c3ccccn3)nc12. The van der Waals surface area contributed by atoms with Crippen molar-refractivity contribution >= 4 is 33.1 Å². The number of amides is 1. The molecule has 33 heavy (non-hydrogen) atoms. The Morgan fingerprint density at radius 2 is 1.88 bits per heavy atom. The highest BCUT2D eigenvalue weighted by Crippen LogP contribution is 2.38. The van der Waals surface area contributed by atoms with Crippen LogP contribution in [0.5, 0.6) is 5.75 Å². The molecule has 0 saturated carbocycles. The van der Waals surface area contributed by atoms with Gasteiger partial charge < -0.3 is 19.7 Å². The standard InChI is InChI=1S/C25H24N4O3S/c1-31-20-11-10-19(29-13-15-32-16-14-29)23-22(20)28-25(33-23)24(30)27-21(17-7-3-2-4-8-17)18-9-5-6-12-26-18/h2-12,21H,13-16H2,1H3,(H,27,30). The lowest BCUT2D eigenvalue weighted by atomic mass is 10.0. The molecule has 0 aliphatic carbocycles. The lowest BCUT2D eigenvalue weighted by Crippen LogP contribution is -2.36. The summed E-state index contributed by atoms with van der Waals surface area (Å²) in [6.45, 7) is 2.97. The first-order valence-corrected chi connectivity index (χ1v) is 11.6. The van der Waals surface area contributed by atoms with Gasteiger partial charge in [0.25, 0.3) is 5.91 Å². The largest absolute Gasteiger partial charge is 0.494 e. The minimum Gasteiger partial charge on any atom is -0.494 e. The summed E-state index contributed by atoms with van der Waals surface area (Å²) in [5.41, 5.74) is 3.47. The van der Waals surface area contributed by atoms with Gasteiger partial charge in [0.1, 0.15) is 11.3 Å². The molecule has 1 atom stereocenters. The molecule has 2 aromatic carbocycles. The van der Waals surface area contributed by atoms with Gasteiger partial charge in [0.2, 0.25) is 0 Å². The van der Waals surface area contributed by atoms with Crippen LogP contribution >= 0.6 is 11.3 Å². The van der Waals surface area contributed by atoms with Crippen molar-refractivity contribution in [2.24, 2.45) is 0 Å². The monoisotopic (exact) mass is 460 g/mol. The third kappa shape index (κ3) is 4.40. The fourth-order valence-electron chi connectivity index (χ4n) is 4.00. The zero-order valence-corrected chi connectivity index (χ0v) is 19.0. The van der Waals surface area contributed by atoms with Crippen molar-refractivity contribution < 1.29 is 14.3 Å². The number of anilines is 1. The van der Waals surface area contributed by atoms with Crippen LogP contribution in [0.15, 0.2) is 66.9 Å². The van der Waals surface area contributed by atoms with Crippen LogP contribution in [-0.4, -0.2) is 49.3 Å². The van der Waals surface area contributed by atoms with E-state index < -0.39 is 0 Å². The van der Waals surface area contributed by atoms with Crippen LogP contribution in [0, 0.1) is 0 Å². The smallest absolute Gasteiger partial charge is 0.281 e. The summed E-state index contributed by atoms with van der Waals surface area (Å²) in [6, 6.07) is 19.1. The Morgan fingerprint density at radius 3 is 2.61 bits per heavy atom. The molecule has 1 saturated heterocycles. The molecule has 1 aliphatic heterocycles. The van der Waals surface area contributed by atoms with E-state index in [1.807, 2.05) is 60.7 Å². The third-order valence-electron chi connectivity index (χ3n) is 5.64. The van der Waals surface area contributed by atoms with Crippen molar-refractivity contribution in [2.45, 2.75) is 6.04 Å². The van der Waals surface area contributed by atoms with Gasteiger partial charge in [0.05, 0.1) is 42.4 Å². The highest BCUT2D eigenvalue weighted by atomic mass is 32.1. The van der Waals surface area contributed by atoms with Crippen molar-refractivity contribution in [1.29, 1.82) is 0 Å². The maximum Gasteiger partial charge on any atom is 0.281 e. The number of hydrogen-bond donors (Lipinski definition) is 1. The molecule has 0 radical (unpaired) electrons. The summed E-state index contributed by atoms with van der Waals surface area (Å²) in [7, 11) is 1.62. The number of nitrogens with zero attached hydrogens (tertiary/aromatic N) is 3. The van der Waals surface area contributed by atoms with Crippen molar-refractivity contribution in [3.63, 3.8) is 0 Å². The number of morpholine rings is 1. The van der Waals surface area contributed by atoms with E-state index in [1.165, 1.54) is 11.3 Å². The average Bonchev–Trinajstić information content (AvgIpc) is 3.34. The lowest BCUT2D eigenvalue weighted by molar-refractivity contribution is 0.0942. The number of ether oxygens (including phenoxy) is 2. The maximum absolute atomic E-state index is 13.4. The molecule has 2 aromatic heterocycles. The number of thiazole rings is 1. The molecule has 5 rings (SSSR count). The van der Waals surface area contributed by atoms with Gasteiger partial charge >= 0.3 is 0 Å². The second-order valence-electron chi connectivity index (χ2n) is 7.65. The number of carbonyl (C=O) groups is 1. The van der Waals surface area contributed by atoms with Crippen molar-refractivity contribution in [2.75, 3.05) is 38.3 Å². The van der Waals surface area contributed by atoms with Crippen LogP contribution < -0.4 is 15.0 Å². The molecule has 0 spiro atoms. The van der Waals surface area contributed by atoms with Crippen LogP contribution in [-0.2, 0) is 4.74 Å². The first kappa shape index (κ1) is 21.4. The summed E-state index contributed by atoms with van der Waals surface area (Å²) in [4.78, 5) is 24.8. The molecule has 168 valence electrons. The van der Waals surface area contributed by atoms with Crippen LogP contribution in [0.1, 0.15) is 27.1 Å². The Labute approximate surface area is 196 Å². The number of benzene rings is 2. The molecule has 1 amide bonds. The average molecular weight is 461 g/mol. The third-order valence-corrected chi connectivity index (χ3v) is 6.72. The number of hydrogen-bond acceptors (Lipinski definition) is 7. The predicted octanol–water partition coefficient (Wildman–Crippen LogP) is 4.06. The molecule has 1 unspecified atom stereocenters. The van der Waals surface area contributed by atoms with Gasteiger partial charge in [0, 0.05) is 19.3 Å². The van der Waals surface area contributed by atoms with Gasteiger partial charge in [-0.1, -0.05) is 36.4 Å². The van der Waals surface area contributed by atoms with Crippen LogP contribution in [0.25, 0.3) is 10.2 Å². The molecule has 1 N–H and O–H groups in total. The van der Waals surface area contributed by atoms with E-state index in [4.69, 9.17) is 9.47 Å². The molecule has 3 heterocycles. The van der Waals surface area contributed by atoms with Crippen molar-refractivity contribution in [3.8, 4) is 5.75 Å². The number of pyridine rings is 1. The van der Waals surface area contributed by atoms with E-state index in [9.17, 15) is 4.79 Å². The fourth-order valence-corrected chi connectivity index (χ4v) is 5.02. The van der Waals surface area contributed by atoms with Gasteiger partial charge in [-0.05, 0) is 29.8 Å². The Bertz CT molecular complexity index is 1200. The Hall–Kier alpha value is -3.49. The van der Waals surface area contributed by atoms with E-state index in [0.717, 1.165) is 34.7 Å². The van der Waals surface area contributed by atoms with E-state index in [0.29, 0.717) is 29.5 Å². The summed E-state index contributed by atoms with van der Waals surface area (Å²) in [5.74, 6) is 0.410. The predicted molar refractivity (Wildman–Crippen MR) is 129 cm³/mol. The summed E-state index contributed by atoms with van der Waals surface area (Å²) in [6.07, 6.45) is 1.73. The van der Waals surface area contributed by atoms with Crippen molar-refractivity contribution in [1.82, 2.24) is 15.3 Å². The van der Waals surface area contributed by atoms with E-state index in [-0.39, 0.29) is 11.9 Å². The van der Waals surface area contributed by atoms with Gasteiger partial charge in [-0.3, -0.25) is 9.78 Å². The number of rotatable bonds is 6. The fraction of sp³-hybridized carbons (Fsp3) is 0.240. The molecular formula is C25H24N4O3S. The highest BCUT2D eigenvalue weighted by Gasteiger charge is 2.24. The summed E-state index contributed by atoms with van der Waals surface area (Å²) in [5, 5.41) is 3.53. The molecule has 4 aromatic rings. The summed E-state index contributed by atoms with van der Waals surface area (Å²) < 4.78 is 12.0. The number of carbonyl (C=O) groups excluding carboxylic acids is 1. The van der Waals surface area contributed by atoms with Gasteiger partial charge in [-0.2, -0.15) is 0 Å².